The zero-order valence-electron chi connectivity index (χ0n) is 20.4. The maximum atomic E-state index is 13.1. The van der Waals surface area contributed by atoms with E-state index in [0.29, 0.717) is 31.6 Å². The zero-order chi connectivity index (χ0) is 25.4. The highest BCUT2D eigenvalue weighted by Crippen LogP contribution is 2.44. The van der Waals surface area contributed by atoms with Crippen molar-refractivity contribution in [2.75, 3.05) is 7.05 Å². The summed E-state index contributed by atoms with van der Waals surface area (Å²) in [6.45, 7) is 0.546. The van der Waals surface area contributed by atoms with Gasteiger partial charge in [0.05, 0.1) is 6.42 Å². The van der Waals surface area contributed by atoms with E-state index in [9.17, 15) is 14.7 Å². The van der Waals surface area contributed by atoms with E-state index in [1.807, 2.05) is 91.0 Å². The second-order valence-electron chi connectivity index (χ2n) is 9.07. The van der Waals surface area contributed by atoms with Crippen molar-refractivity contribution in [3.63, 3.8) is 0 Å². The molecule has 0 aromatic heterocycles. The molecule has 3 aromatic rings. The Labute approximate surface area is 216 Å². The molecular weight excluding hydrogens is 470 g/mol. The lowest BCUT2D eigenvalue weighted by atomic mass is 9.83. The zero-order valence-corrected chi connectivity index (χ0v) is 21.2. The minimum Gasteiger partial charge on any atom is -0.511 e. The van der Waals surface area contributed by atoms with E-state index in [0.717, 1.165) is 16.7 Å². The number of rotatable bonds is 10. The van der Waals surface area contributed by atoms with Gasteiger partial charge in [0, 0.05) is 25.8 Å². The number of carbonyl (C=O) groups excluding carboxylic acids is 2. The molecule has 3 aromatic carbocycles. The van der Waals surface area contributed by atoms with E-state index in [-0.39, 0.29) is 23.0 Å². The summed E-state index contributed by atoms with van der Waals surface area (Å²) in [6, 6.07) is 29.2. The molecule has 36 heavy (non-hydrogen) atoms. The number of carbonyl (C=O) groups is 2. The van der Waals surface area contributed by atoms with Gasteiger partial charge in [-0.3, -0.25) is 4.79 Å². The summed E-state index contributed by atoms with van der Waals surface area (Å²) in [4.78, 5) is 27.8. The molecule has 5 nitrogen and oxygen atoms in total. The van der Waals surface area contributed by atoms with Crippen LogP contribution < -0.4 is 0 Å². The van der Waals surface area contributed by atoms with E-state index < -0.39 is 11.6 Å². The molecule has 0 saturated carbocycles. The smallest absolute Gasteiger partial charge is 0.348 e. The number of aliphatic hydroxyl groups excluding tert-OH is 1. The lowest BCUT2D eigenvalue weighted by Gasteiger charge is -2.37. The molecule has 0 bridgehead atoms. The fraction of sp³-hybridized carbons (Fsp3) is 0.267. The Morgan fingerprint density at radius 3 is 2.14 bits per heavy atom. The lowest BCUT2D eigenvalue weighted by Crippen LogP contribution is -2.38. The van der Waals surface area contributed by atoms with Gasteiger partial charge in [0.15, 0.2) is 0 Å². The standard InChI is InChI=1S/C30H31NO4S/c1-31(21-23-12-5-2-6-13-23)27(33)18-11-19-30(25-16-9-4-10-17-25)20-26(32)28(29(34)35-30)36-22-24-14-7-3-8-15-24/h2-10,12-17,32H,11,18-22H2,1H3. The molecule has 1 atom stereocenters. The molecule has 1 amide bonds. The topological polar surface area (TPSA) is 66.8 Å². The maximum absolute atomic E-state index is 13.1. The highest BCUT2D eigenvalue weighted by atomic mass is 32.2. The van der Waals surface area contributed by atoms with Gasteiger partial charge in [0.25, 0.3) is 0 Å². The van der Waals surface area contributed by atoms with Crippen molar-refractivity contribution < 1.29 is 19.4 Å². The van der Waals surface area contributed by atoms with Crippen molar-refractivity contribution in [1.29, 1.82) is 0 Å². The third kappa shape index (κ3) is 6.38. The van der Waals surface area contributed by atoms with E-state index in [1.54, 1.807) is 11.9 Å². The largest absolute Gasteiger partial charge is 0.511 e. The van der Waals surface area contributed by atoms with Gasteiger partial charge in [0.1, 0.15) is 16.3 Å². The number of hydrogen-bond donors (Lipinski definition) is 1. The third-order valence-corrected chi connectivity index (χ3v) is 7.54. The predicted octanol–water partition coefficient (Wildman–Crippen LogP) is 6.36. The summed E-state index contributed by atoms with van der Waals surface area (Å²) in [5, 5.41) is 11.0. The second-order valence-corrected chi connectivity index (χ2v) is 10.1. The van der Waals surface area contributed by atoms with Gasteiger partial charge in [-0.1, -0.05) is 91.0 Å². The quantitative estimate of drug-likeness (QED) is 0.328. The van der Waals surface area contributed by atoms with Crippen molar-refractivity contribution in [2.45, 2.75) is 43.6 Å². The summed E-state index contributed by atoms with van der Waals surface area (Å²) in [6.07, 6.45) is 1.48. The normalized spacial score (nSPS) is 17.5. The third-order valence-electron chi connectivity index (χ3n) is 6.37. The van der Waals surface area contributed by atoms with Crippen LogP contribution in [0.3, 0.4) is 0 Å². The Hall–Kier alpha value is -3.51. The number of aliphatic hydroxyl groups is 1. The average molecular weight is 502 g/mol. The van der Waals surface area contributed by atoms with Crippen LogP contribution in [0.25, 0.3) is 0 Å². The second kappa shape index (κ2) is 12.0. The van der Waals surface area contributed by atoms with Gasteiger partial charge in [-0.15, -0.1) is 11.8 Å². The molecule has 0 spiro atoms. The monoisotopic (exact) mass is 501 g/mol. The molecule has 6 heteroatoms. The Kier molecular flexibility index (Phi) is 8.49. The van der Waals surface area contributed by atoms with Crippen LogP contribution in [0.15, 0.2) is 102 Å². The summed E-state index contributed by atoms with van der Waals surface area (Å²) in [5.74, 6) is 0.123. The van der Waals surface area contributed by atoms with Crippen LogP contribution in [0.2, 0.25) is 0 Å². The van der Waals surface area contributed by atoms with Gasteiger partial charge in [-0.2, -0.15) is 0 Å². The molecule has 1 N–H and O–H groups in total. The predicted molar refractivity (Wildman–Crippen MR) is 143 cm³/mol. The number of thioether (sulfide) groups is 1. The van der Waals surface area contributed by atoms with Crippen molar-refractivity contribution in [3.05, 3.63) is 118 Å². The van der Waals surface area contributed by atoms with Crippen LogP contribution in [0, 0.1) is 0 Å². The molecule has 0 saturated heterocycles. The highest BCUT2D eigenvalue weighted by Gasteiger charge is 2.43. The van der Waals surface area contributed by atoms with E-state index >= 15 is 0 Å². The van der Waals surface area contributed by atoms with Crippen molar-refractivity contribution in [1.82, 2.24) is 4.90 Å². The van der Waals surface area contributed by atoms with Gasteiger partial charge >= 0.3 is 5.97 Å². The SMILES string of the molecule is CN(Cc1ccccc1)C(=O)CCCC1(c2ccccc2)CC(O)=C(SCc2ccccc2)C(=O)O1. The van der Waals surface area contributed by atoms with Crippen LogP contribution in [0.4, 0.5) is 0 Å². The first-order chi connectivity index (χ1) is 17.5. The molecule has 186 valence electrons. The summed E-state index contributed by atoms with van der Waals surface area (Å²) in [5.41, 5.74) is 1.96. The first-order valence-electron chi connectivity index (χ1n) is 12.1. The van der Waals surface area contributed by atoms with Crippen LogP contribution in [-0.4, -0.2) is 28.9 Å². The van der Waals surface area contributed by atoms with E-state index in [4.69, 9.17) is 4.74 Å². The van der Waals surface area contributed by atoms with Crippen molar-refractivity contribution in [3.8, 4) is 0 Å². The number of ether oxygens (including phenoxy) is 1. The minimum absolute atomic E-state index is 0.0306. The van der Waals surface area contributed by atoms with E-state index in [2.05, 4.69) is 0 Å². The summed E-state index contributed by atoms with van der Waals surface area (Å²) >= 11 is 1.29. The average Bonchev–Trinajstić information content (AvgIpc) is 2.90. The number of cyclic esters (lactones) is 1. The molecule has 4 rings (SSSR count). The van der Waals surface area contributed by atoms with Crippen LogP contribution >= 0.6 is 11.8 Å². The molecule has 1 aliphatic heterocycles. The summed E-state index contributed by atoms with van der Waals surface area (Å²) in [7, 11) is 1.80. The maximum Gasteiger partial charge on any atom is 0.348 e. The number of benzene rings is 3. The minimum atomic E-state index is -1.00. The Bertz CT molecular complexity index is 1200. The van der Waals surface area contributed by atoms with Gasteiger partial charge in [-0.25, -0.2) is 4.79 Å². The molecule has 0 radical (unpaired) electrons. The molecule has 0 aliphatic carbocycles. The van der Waals surface area contributed by atoms with Crippen molar-refractivity contribution >= 4 is 23.6 Å². The van der Waals surface area contributed by atoms with Gasteiger partial charge in [-0.05, 0) is 29.5 Å². The first-order valence-corrected chi connectivity index (χ1v) is 13.1. The van der Waals surface area contributed by atoms with Crippen LogP contribution in [0.1, 0.15) is 42.4 Å². The molecular formula is C30H31NO4S. The molecule has 1 unspecified atom stereocenters. The molecule has 1 heterocycles. The highest BCUT2D eigenvalue weighted by molar-refractivity contribution is 8.03. The molecule has 1 aliphatic rings. The number of amides is 1. The van der Waals surface area contributed by atoms with Crippen LogP contribution in [-0.2, 0) is 32.2 Å². The Morgan fingerprint density at radius 1 is 0.944 bits per heavy atom. The van der Waals surface area contributed by atoms with E-state index in [1.165, 1.54) is 11.8 Å². The fourth-order valence-electron chi connectivity index (χ4n) is 4.45. The number of hydrogen-bond acceptors (Lipinski definition) is 5. The summed E-state index contributed by atoms with van der Waals surface area (Å²) < 4.78 is 6.07. The van der Waals surface area contributed by atoms with Gasteiger partial charge < -0.3 is 14.7 Å². The Balaban J connectivity index is 1.44. The lowest BCUT2D eigenvalue weighted by molar-refractivity contribution is -0.160. The molecule has 0 fully saturated rings. The van der Waals surface area contributed by atoms with Crippen LogP contribution in [0.5, 0.6) is 0 Å². The van der Waals surface area contributed by atoms with Crippen molar-refractivity contribution in [2.24, 2.45) is 0 Å². The first kappa shape index (κ1) is 25.6. The fourth-order valence-corrected chi connectivity index (χ4v) is 5.35. The van der Waals surface area contributed by atoms with Gasteiger partial charge in [0.2, 0.25) is 5.91 Å². The Morgan fingerprint density at radius 2 is 1.53 bits per heavy atom. The number of nitrogens with zero attached hydrogens (tertiary/aromatic N) is 1. The number of esters is 1.